The Morgan fingerprint density at radius 1 is 1.12 bits per heavy atom. The molecule has 0 radical (unpaired) electrons. The molecule has 1 N–H and O–H groups in total. The number of rotatable bonds is 7. The molecule has 96 valence electrons. The van der Waals surface area contributed by atoms with Crippen LogP contribution >= 0.6 is 0 Å². The molecule has 2 nitrogen and oxygen atoms in total. The van der Waals surface area contributed by atoms with Crippen molar-refractivity contribution in [1.82, 2.24) is 0 Å². The number of benzene rings is 1. The molecule has 0 aliphatic rings. The maximum absolute atomic E-state index is 9.04. The standard InChI is InChI=1S/C15H25NO/c1-4-5-6-11-16(13(2)3)15-9-7-14(12-17)8-10-15/h7-10,13,17H,4-6,11-12H2,1-3H3. The van der Waals surface area contributed by atoms with Crippen LogP contribution in [0.3, 0.4) is 0 Å². The molecular formula is C15H25NO. The maximum atomic E-state index is 9.04. The summed E-state index contributed by atoms with van der Waals surface area (Å²) in [7, 11) is 0. The van der Waals surface area contributed by atoms with Crippen LogP contribution in [0, 0.1) is 0 Å². The van der Waals surface area contributed by atoms with Gasteiger partial charge in [0.25, 0.3) is 0 Å². The lowest BCUT2D eigenvalue weighted by molar-refractivity contribution is 0.282. The summed E-state index contributed by atoms with van der Waals surface area (Å²) >= 11 is 0. The van der Waals surface area contributed by atoms with Gasteiger partial charge in [0.15, 0.2) is 0 Å². The molecule has 0 saturated heterocycles. The largest absolute Gasteiger partial charge is 0.392 e. The first-order valence-electron chi connectivity index (χ1n) is 6.65. The Morgan fingerprint density at radius 2 is 1.76 bits per heavy atom. The van der Waals surface area contributed by atoms with Gasteiger partial charge in [-0.1, -0.05) is 31.9 Å². The molecule has 17 heavy (non-hydrogen) atoms. The summed E-state index contributed by atoms with van der Waals surface area (Å²) in [6.45, 7) is 7.93. The Labute approximate surface area is 105 Å². The highest BCUT2D eigenvalue weighted by Gasteiger charge is 2.09. The van der Waals surface area contributed by atoms with Crippen molar-refractivity contribution < 1.29 is 5.11 Å². The van der Waals surface area contributed by atoms with Gasteiger partial charge in [-0.2, -0.15) is 0 Å². The first-order chi connectivity index (χ1) is 8.19. The van der Waals surface area contributed by atoms with Crippen molar-refractivity contribution >= 4 is 5.69 Å². The summed E-state index contributed by atoms with van der Waals surface area (Å²) in [4.78, 5) is 2.43. The molecule has 0 spiro atoms. The predicted molar refractivity (Wildman–Crippen MR) is 74.4 cm³/mol. The molecule has 0 saturated carbocycles. The van der Waals surface area contributed by atoms with E-state index in [2.05, 4.69) is 37.8 Å². The van der Waals surface area contributed by atoms with Crippen LogP contribution in [-0.2, 0) is 6.61 Å². The molecule has 0 aliphatic heterocycles. The summed E-state index contributed by atoms with van der Waals surface area (Å²) in [5.41, 5.74) is 2.24. The monoisotopic (exact) mass is 235 g/mol. The fourth-order valence-corrected chi connectivity index (χ4v) is 2.01. The molecular weight excluding hydrogens is 210 g/mol. The normalized spacial score (nSPS) is 10.9. The summed E-state index contributed by atoms with van der Waals surface area (Å²) in [5.74, 6) is 0. The van der Waals surface area contributed by atoms with Gasteiger partial charge in [0.05, 0.1) is 6.61 Å². The van der Waals surface area contributed by atoms with Gasteiger partial charge in [-0.15, -0.1) is 0 Å². The van der Waals surface area contributed by atoms with Crippen LogP contribution in [0.4, 0.5) is 5.69 Å². The molecule has 1 aromatic rings. The predicted octanol–water partition coefficient (Wildman–Crippen LogP) is 3.58. The van der Waals surface area contributed by atoms with Gasteiger partial charge in [-0.3, -0.25) is 0 Å². The van der Waals surface area contributed by atoms with E-state index in [1.165, 1.54) is 24.9 Å². The van der Waals surface area contributed by atoms with Crippen LogP contribution in [0.25, 0.3) is 0 Å². The Morgan fingerprint density at radius 3 is 2.24 bits per heavy atom. The Kier molecular flexibility index (Phi) is 6.06. The van der Waals surface area contributed by atoms with Crippen LogP contribution in [0.1, 0.15) is 45.6 Å². The topological polar surface area (TPSA) is 23.5 Å². The molecule has 2 heteroatoms. The van der Waals surface area contributed by atoms with Gasteiger partial charge >= 0.3 is 0 Å². The van der Waals surface area contributed by atoms with E-state index in [0.29, 0.717) is 6.04 Å². The first-order valence-corrected chi connectivity index (χ1v) is 6.65. The Hall–Kier alpha value is -1.02. The van der Waals surface area contributed by atoms with E-state index in [1.807, 2.05) is 12.1 Å². The third-order valence-corrected chi connectivity index (χ3v) is 3.08. The highest BCUT2D eigenvalue weighted by Crippen LogP contribution is 2.19. The van der Waals surface area contributed by atoms with Crippen LogP contribution in [0.2, 0.25) is 0 Å². The Bertz CT molecular complexity index is 305. The molecule has 0 heterocycles. The molecule has 1 aromatic carbocycles. The summed E-state index contributed by atoms with van der Waals surface area (Å²) in [5, 5.41) is 9.04. The van der Waals surface area contributed by atoms with E-state index < -0.39 is 0 Å². The smallest absolute Gasteiger partial charge is 0.0681 e. The average Bonchev–Trinajstić information content (AvgIpc) is 2.34. The fourth-order valence-electron chi connectivity index (χ4n) is 2.01. The number of aliphatic hydroxyl groups is 1. The van der Waals surface area contributed by atoms with Crippen LogP contribution in [-0.4, -0.2) is 17.7 Å². The molecule has 0 fully saturated rings. The van der Waals surface area contributed by atoms with Crippen LogP contribution < -0.4 is 4.90 Å². The molecule has 0 atom stereocenters. The zero-order valence-corrected chi connectivity index (χ0v) is 11.3. The average molecular weight is 235 g/mol. The van der Waals surface area contributed by atoms with Crippen molar-refractivity contribution in [2.24, 2.45) is 0 Å². The quantitative estimate of drug-likeness (QED) is 0.730. The first kappa shape index (κ1) is 14.0. The third-order valence-electron chi connectivity index (χ3n) is 3.08. The van der Waals surface area contributed by atoms with Gasteiger partial charge in [0, 0.05) is 18.3 Å². The number of hydrogen-bond donors (Lipinski definition) is 1. The fraction of sp³-hybridized carbons (Fsp3) is 0.600. The second-order valence-electron chi connectivity index (χ2n) is 4.82. The van der Waals surface area contributed by atoms with E-state index >= 15 is 0 Å². The molecule has 0 aromatic heterocycles. The number of nitrogens with zero attached hydrogens (tertiary/aromatic N) is 1. The molecule has 1 rings (SSSR count). The number of aliphatic hydroxyl groups excluding tert-OH is 1. The van der Waals surface area contributed by atoms with Crippen molar-refractivity contribution in [3.8, 4) is 0 Å². The molecule has 0 amide bonds. The SMILES string of the molecule is CCCCCN(c1ccc(CO)cc1)C(C)C. The van der Waals surface area contributed by atoms with Crippen molar-refractivity contribution in [2.45, 2.75) is 52.7 Å². The van der Waals surface area contributed by atoms with Gasteiger partial charge in [-0.05, 0) is 38.0 Å². The number of unbranched alkanes of at least 4 members (excludes halogenated alkanes) is 2. The van der Waals surface area contributed by atoms with Gasteiger partial charge in [0.2, 0.25) is 0 Å². The lowest BCUT2D eigenvalue weighted by Gasteiger charge is -2.29. The van der Waals surface area contributed by atoms with Crippen molar-refractivity contribution in [3.05, 3.63) is 29.8 Å². The van der Waals surface area contributed by atoms with Crippen molar-refractivity contribution in [3.63, 3.8) is 0 Å². The highest BCUT2D eigenvalue weighted by molar-refractivity contribution is 5.48. The molecule has 0 unspecified atom stereocenters. The van der Waals surface area contributed by atoms with E-state index in [9.17, 15) is 0 Å². The van der Waals surface area contributed by atoms with Crippen LogP contribution in [0.5, 0.6) is 0 Å². The van der Waals surface area contributed by atoms with Gasteiger partial charge in [-0.25, -0.2) is 0 Å². The molecule has 0 aliphatic carbocycles. The summed E-state index contributed by atoms with van der Waals surface area (Å²) in [6.07, 6.45) is 3.80. The summed E-state index contributed by atoms with van der Waals surface area (Å²) < 4.78 is 0. The third kappa shape index (κ3) is 4.39. The van der Waals surface area contributed by atoms with E-state index in [1.54, 1.807) is 0 Å². The van der Waals surface area contributed by atoms with Gasteiger partial charge < -0.3 is 10.0 Å². The van der Waals surface area contributed by atoms with Crippen LogP contribution in [0.15, 0.2) is 24.3 Å². The van der Waals surface area contributed by atoms with Crippen molar-refractivity contribution in [2.75, 3.05) is 11.4 Å². The highest BCUT2D eigenvalue weighted by atomic mass is 16.3. The van der Waals surface area contributed by atoms with E-state index in [0.717, 1.165) is 12.1 Å². The minimum atomic E-state index is 0.123. The van der Waals surface area contributed by atoms with E-state index in [4.69, 9.17) is 5.11 Å². The second-order valence-corrected chi connectivity index (χ2v) is 4.82. The minimum absolute atomic E-state index is 0.123. The maximum Gasteiger partial charge on any atom is 0.0681 e. The van der Waals surface area contributed by atoms with Crippen molar-refractivity contribution in [1.29, 1.82) is 0 Å². The molecule has 0 bridgehead atoms. The number of anilines is 1. The van der Waals surface area contributed by atoms with E-state index in [-0.39, 0.29) is 6.61 Å². The summed E-state index contributed by atoms with van der Waals surface area (Å²) in [6, 6.07) is 8.75. The second kappa shape index (κ2) is 7.33. The zero-order valence-electron chi connectivity index (χ0n) is 11.3. The Balaban J connectivity index is 2.68. The van der Waals surface area contributed by atoms with Gasteiger partial charge in [0.1, 0.15) is 0 Å². The minimum Gasteiger partial charge on any atom is -0.392 e. The zero-order chi connectivity index (χ0) is 12.7. The number of hydrogen-bond acceptors (Lipinski definition) is 2. The lowest BCUT2D eigenvalue weighted by Crippen LogP contribution is -2.31. The lowest BCUT2D eigenvalue weighted by atomic mass is 10.1.